The van der Waals surface area contributed by atoms with Crippen molar-refractivity contribution >= 4 is 0 Å². The van der Waals surface area contributed by atoms with Crippen LogP contribution in [0.2, 0.25) is 0 Å². The molecule has 2 nitrogen and oxygen atoms in total. The molecule has 0 aromatic heterocycles. The summed E-state index contributed by atoms with van der Waals surface area (Å²) in [5.41, 5.74) is 0. The fraction of sp³-hybridized carbons (Fsp3) is 0.956. The van der Waals surface area contributed by atoms with Gasteiger partial charge in [-0.05, 0) is 25.7 Å². The molecule has 0 aromatic carbocycles. The van der Waals surface area contributed by atoms with Crippen molar-refractivity contribution in [3.05, 3.63) is 12.4 Å². The van der Waals surface area contributed by atoms with E-state index in [4.69, 9.17) is 0 Å². The van der Waals surface area contributed by atoms with Gasteiger partial charge in [0.15, 0.2) is 0 Å². The van der Waals surface area contributed by atoms with Crippen LogP contribution in [0.1, 0.15) is 258 Å². The first-order valence-corrected chi connectivity index (χ1v) is 22.5. The fourth-order valence-corrected chi connectivity index (χ4v) is 7.78. The summed E-state index contributed by atoms with van der Waals surface area (Å²) in [5.74, 6) is 0. The number of nitrogens with zero attached hydrogens (tertiary/aromatic N) is 2. The number of hydrogen-bond acceptors (Lipinski definition) is 2. The van der Waals surface area contributed by atoms with Crippen molar-refractivity contribution in [2.75, 3.05) is 13.1 Å². The van der Waals surface area contributed by atoms with E-state index >= 15 is 0 Å². The van der Waals surface area contributed by atoms with Crippen molar-refractivity contribution in [2.45, 2.75) is 265 Å². The predicted molar refractivity (Wildman–Crippen MR) is 214 cm³/mol. The van der Waals surface area contributed by atoms with Gasteiger partial charge in [-0.25, -0.2) is 0 Å². The van der Waals surface area contributed by atoms with Gasteiger partial charge in [-0.3, -0.25) is 0 Å². The molecule has 280 valence electrons. The largest absolute Gasteiger partial charge is 0.356 e. The van der Waals surface area contributed by atoms with Crippen LogP contribution in [0.15, 0.2) is 12.4 Å². The summed E-state index contributed by atoms with van der Waals surface area (Å²) >= 11 is 0. The van der Waals surface area contributed by atoms with E-state index in [2.05, 4.69) is 43.0 Å². The Kier molecular flexibility index (Phi) is 34.6. The van der Waals surface area contributed by atoms with E-state index in [1.54, 1.807) is 0 Å². The van der Waals surface area contributed by atoms with Gasteiger partial charge >= 0.3 is 0 Å². The molecule has 1 unspecified atom stereocenters. The molecule has 2 heteroatoms. The smallest absolute Gasteiger partial charge is 0.101 e. The maximum atomic E-state index is 2.73. The molecule has 1 aliphatic rings. The van der Waals surface area contributed by atoms with Gasteiger partial charge in [0.05, 0.1) is 0 Å². The molecule has 0 N–H and O–H groups in total. The Morgan fingerprint density at radius 2 is 0.489 bits per heavy atom. The lowest BCUT2D eigenvalue weighted by atomic mass is 10.0. The van der Waals surface area contributed by atoms with Crippen LogP contribution in [0.4, 0.5) is 0 Å². The van der Waals surface area contributed by atoms with E-state index in [0.29, 0.717) is 6.17 Å². The van der Waals surface area contributed by atoms with E-state index in [1.165, 1.54) is 251 Å². The van der Waals surface area contributed by atoms with Crippen molar-refractivity contribution in [3.63, 3.8) is 0 Å². The third kappa shape index (κ3) is 28.8. The lowest BCUT2D eigenvalue weighted by Crippen LogP contribution is -2.39. The molecule has 1 rings (SSSR count). The van der Waals surface area contributed by atoms with Crippen LogP contribution >= 0.6 is 0 Å². The first-order chi connectivity index (χ1) is 23.3. The number of hydrogen-bond donors (Lipinski definition) is 0. The molecular weight excluding hydrogens is 569 g/mol. The molecule has 1 aliphatic heterocycles. The third-order valence-electron chi connectivity index (χ3n) is 11.1. The highest BCUT2D eigenvalue weighted by atomic mass is 15.4. The molecular formula is C45H90N2. The van der Waals surface area contributed by atoms with Gasteiger partial charge in [-0.15, -0.1) is 0 Å². The average molecular weight is 659 g/mol. The second-order valence-corrected chi connectivity index (χ2v) is 15.7. The van der Waals surface area contributed by atoms with Gasteiger partial charge < -0.3 is 9.80 Å². The molecule has 0 radical (unpaired) electrons. The van der Waals surface area contributed by atoms with Crippen molar-refractivity contribution in [3.8, 4) is 0 Å². The molecule has 1 heterocycles. The molecule has 0 fully saturated rings. The first kappa shape index (κ1) is 44.4. The molecule has 0 saturated carbocycles. The zero-order valence-electron chi connectivity index (χ0n) is 33.2. The molecule has 47 heavy (non-hydrogen) atoms. The van der Waals surface area contributed by atoms with Crippen molar-refractivity contribution in [1.82, 2.24) is 9.80 Å². The standard InChI is InChI=1S/C45H90N2/c1-4-7-10-13-16-19-21-22-23-24-25-26-27-28-31-34-37-40-45-46(41-38-35-32-29-18-15-12-9-6-3)43-44-47(45)42-39-36-33-30-20-17-14-11-8-5-2/h43-45H,4-42H2,1-3H3. The Morgan fingerprint density at radius 3 is 0.745 bits per heavy atom. The van der Waals surface area contributed by atoms with Gasteiger partial charge in [0.1, 0.15) is 6.17 Å². The minimum Gasteiger partial charge on any atom is -0.356 e. The Hall–Kier alpha value is -0.660. The summed E-state index contributed by atoms with van der Waals surface area (Å²) in [7, 11) is 0. The molecule has 0 amide bonds. The molecule has 1 atom stereocenters. The molecule has 0 saturated heterocycles. The molecule has 0 bridgehead atoms. The zero-order chi connectivity index (χ0) is 33.7. The van der Waals surface area contributed by atoms with E-state index in [0.717, 1.165) is 0 Å². The highest BCUT2D eigenvalue weighted by Gasteiger charge is 2.24. The summed E-state index contributed by atoms with van der Waals surface area (Å²) < 4.78 is 0. The Bertz CT molecular complexity index is 615. The maximum absolute atomic E-state index is 2.73. The van der Waals surface area contributed by atoms with Gasteiger partial charge in [0.2, 0.25) is 0 Å². The van der Waals surface area contributed by atoms with Crippen LogP contribution in [0, 0.1) is 0 Å². The Morgan fingerprint density at radius 1 is 0.277 bits per heavy atom. The van der Waals surface area contributed by atoms with Crippen molar-refractivity contribution in [1.29, 1.82) is 0 Å². The van der Waals surface area contributed by atoms with Crippen LogP contribution in [-0.2, 0) is 0 Å². The number of rotatable bonds is 39. The van der Waals surface area contributed by atoms with Crippen LogP contribution in [0.25, 0.3) is 0 Å². The maximum Gasteiger partial charge on any atom is 0.101 e. The molecule has 0 aromatic rings. The van der Waals surface area contributed by atoms with Crippen LogP contribution in [-0.4, -0.2) is 29.1 Å². The van der Waals surface area contributed by atoms with Gasteiger partial charge in [0.25, 0.3) is 0 Å². The highest BCUT2D eigenvalue weighted by Crippen LogP contribution is 2.24. The SMILES string of the molecule is CCCCCCCCCCCCCCCCCCCC1N(CCCCCCCCCCC)C=CN1CCCCCCCCCCCC. The summed E-state index contributed by atoms with van der Waals surface area (Å²) in [6.07, 6.45) is 58.9. The lowest BCUT2D eigenvalue weighted by Gasteiger charge is -2.33. The minimum atomic E-state index is 0.638. The number of unbranched alkanes of at least 4 members (excludes halogenated alkanes) is 33. The second-order valence-electron chi connectivity index (χ2n) is 15.7. The quantitative estimate of drug-likeness (QED) is 0.0606. The summed E-state index contributed by atoms with van der Waals surface area (Å²) in [4.78, 5) is 5.45. The minimum absolute atomic E-state index is 0.638. The summed E-state index contributed by atoms with van der Waals surface area (Å²) in [5, 5.41) is 0. The zero-order valence-corrected chi connectivity index (χ0v) is 33.2. The normalized spacial score (nSPS) is 14.7. The highest BCUT2D eigenvalue weighted by molar-refractivity contribution is 4.97. The van der Waals surface area contributed by atoms with Crippen LogP contribution < -0.4 is 0 Å². The lowest BCUT2D eigenvalue weighted by molar-refractivity contribution is 0.135. The fourth-order valence-electron chi connectivity index (χ4n) is 7.78. The monoisotopic (exact) mass is 659 g/mol. The average Bonchev–Trinajstić information content (AvgIpc) is 3.47. The first-order valence-electron chi connectivity index (χ1n) is 22.5. The van der Waals surface area contributed by atoms with Gasteiger partial charge in [-0.2, -0.15) is 0 Å². The summed E-state index contributed by atoms with van der Waals surface area (Å²) in [6, 6.07) is 0. The molecule has 0 aliphatic carbocycles. The van der Waals surface area contributed by atoms with Crippen molar-refractivity contribution < 1.29 is 0 Å². The second kappa shape index (κ2) is 36.6. The van der Waals surface area contributed by atoms with E-state index in [1.807, 2.05) is 0 Å². The predicted octanol–water partition coefficient (Wildman–Crippen LogP) is 15.9. The third-order valence-corrected chi connectivity index (χ3v) is 11.1. The van der Waals surface area contributed by atoms with E-state index in [-0.39, 0.29) is 0 Å². The van der Waals surface area contributed by atoms with Crippen LogP contribution in [0.5, 0.6) is 0 Å². The Labute approximate surface area is 299 Å². The van der Waals surface area contributed by atoms with Gasteiger partial charge in [-0.1, -0.05) is 233 Å². The summed E-state index contributed by atoms with van der Waals surface area (Å²) in [6.45, 7) is 9.49. The van der Waals surface area contributed by atoms with E-state index in [9.17, 15) is 0 Å². The van der Waals surface area contributed by atoms with E-state index < -0.39 is 0 Å². The Balaban J connectivity index is 2.17. The topological polar surface area (TPSA) is 6.48 Å². The molecule has 0 spiro atoms. The van der Waals surface area contributed by atoms with Gasteiger partial charge in [0, 0.05) is 25.5 Å². The van der Waals surface area contributed by atoms with Crippen LogP contribution in [0.3, 0.4) is 0 Å². The van der Waals surface area contributed by atoms with Crippen molar-refractivity contribution in [2.24, 2.45) is 0 Å².